The van der Waals surface area contributed by atoms with Crippen LogP contribution in [0.1, 0.15) is 22.3 Å². The molecule has 2 fully saturated rings. The standard InChI is InChI=1S/C27H30ClF5N6O3/c28-18-2-4-20(21(13-18)39-11-9-37(10-12-39)7-5-27(31,32)33)36-26(42)19-3-1-17(24(29)25(19)30)14-35-23(41)16-38-8-6-34-22(40)15-38/h1-4,13H,5-12,14-16H2,(H,34,40)(H,35,41)(H,36,42). The van der Waals surface area contributed by atoms with Crippen LogP contribution in [0.2, 0.25) is 5.02 Å². The molecule has 2 heterocycles. The van der Waals surface area contributed by atoms with Gasteiger partial charge >= 0.3 is 6.18 Å². The minimum absolute atomic E-state index is 0.0632. The first-order valence-corrected chi connectivity index (χ1v) is 13.6. The number of nitrogens with zero attached hydrogens (tertiary/aromatic N) is 3. The van der Waals surface area contributed by atoms with Crippen LogP contribution in [0.5, 0.6) is 0 Å². The highest BCUT2D eigenvalue weighted by molar-refractivity contribution is 6.31. The molecule has 0 saturated carbocycles. The molecule has 42 heavy (non-hydrogen) atoms. The lowest BCUT2D eigenvalue weighted by Crippen LogP contribution is -2.50. The van der Waals surface area contributed by atoms with E-state index >= 15 is 0 Å². The van der Waals surface area contributed by atoms with E-state index in [4.69, 9.17) is 11.6 Å². The third kappa shape index (κ3) is 8.52. The zero-order valence-electron chi connectivity index (χ0n) is 22.5. The maximum absolute atomic E-state index is 15.0. The summed E-state index contributed by atoms with van der Waals surface area (Å²) in [6.45, 7) is 1.91. The van der Waals surface area contributed by atoms with Gasteiger partial charge in [-0.25, -0.2) is 8.78 Å². The van der Waals surface area contributed by atoms with Crippen molar-refractivity contribution in [2.75, 3.05) is 69.1 Å². The monoisotopic (exact) mass is 616 g/mol. The molecule has 3 N–H and O–H groups in total. The maximum atomic E-state index is 15.0. The lowest BCUT2D eigenvalue weighted by Gasteiger charge is -2.37. The summed E-state index contributed by atoms with van der Waals surface area (Å²) in [5.74, 6) is -4.27. The fourth-order valence-corrected chi connectivity index (χ4v) is 4.91. The number of carbonyl (C=O) groups excluding carboxylic acids is 3. The van der Waals surface area contributed by atoms with Crippen LogP contribution >= 0.6 is 11.6 Å². The van der Waals surface area contributed by atoms with Gasteiger partial charge in [0.1, 0.15) is 0 Å². The molecular formula is C27H30ClF5N6O3. The first-order chi connectivity index (χ1) is 19.9. The maximum Gasteiger partial charge on any atom is 0.390 e. The van der Waals surface area contributed by atoms with Crippen molar-refractivity contribution in [1.29, 1.82) is 0 Å². The van der Waals surface area contributed by atoms with Crippen molar-refractivity contribution in [3.8, 4) is 0 Å². The van der Waals surface area contributed by atoms with Crippen molar-refractivity contribution >= 4 is 40.7 Å². The molecule has 0 aliphatic carbocycles. The second kappa shape index (κ2) is 13.7. The first-order valence-electron chi connectivity index (χ1n) is 13.3. The van der Waals surface area contributed by atoms with Gasteiger partial charge in [0.2, 0.25) is 11.8 Å². The number of piperazine rings is 2. The van der Waals surface area contributed by atoms with E-state index in [9.17, 15) is 36.3 Å². The molecule has 2 aliphatic heterocycles. The van der Waals surface area contributed by atoms with Gasteiger partial charge in [-0.2, -0.15) is 13.2 Å². The van der Waals surface area contributed by atoms with E-state index in [2.05, 4.69) is 16.0 Å². The molecule has 4 rings (SSSR count). The summed E-state index contributed by atoms with van der Waals surface area (Å²) in [6, 6.07) is 6.92. The molecule has 3 amide bonds. The Bertz CT molecular complexity index is 1320. The first kappa shape index (κ1) is 31.4. The van der Waals surface area contributed by atoms with Gasteiger partial charge in [0.25, 0.3) is 5.91 Å². The number of alkyl halides is 3. The van der Waals surface area contributed by atoms with E-state index in [0.717, 1.165) is 6.07 Å². The SMILES string of the molecule is O=C1CN(CC(=O)NCc2ccc(C(=O)Nc3ccc(Cl)cc3N3CCN(CCC(F)(F)F)CC3)c(F)c2F)CCN1. The largest absolute Gasteiger partial charge is 0.390 e. The van der Waals surface area contributed by atoms with Crippen LogP contribution in [0.4, 0.5) is 33.3 Å². The topological polar surface area (TPSA) is 97.0 Å². The Morgan fingerprint density at radius 1 is 0.976 bits per heavy atom. The number of anilines is 2. The van der Waals surface area contributed by atoms with Crippen molar-refractivity contribution in [3.63, 3.8) is 0 Å². The molecule has 2 aromatic rings. The summed E-state index contributed by atoms with van der Waals surface area (Å²) in [4.78, 5) is 41.8. The lowest BCUT2D eigenvalue weighted by molar-refractivity contribution is -0.138. The number of halogens is 6. The van der Waals surface area contributed by atoms with Crippen LogP contribution in [0.15, 0.2) is 30.3 Å². The Morgan fingerprint density at radius 2 is 1.71 bits per heavy atom. The van der Waals surface area contributed by atoms with Gasteiger partial charge in [-0.15, -0.1) is 0 Å². The van der Waals surface area contributed by atoms with Crippen LogP contribution in [-0.2, 0) is 16.1 Å². The molecular weight excluding hydrogens is 587 g/mol. The van der Waals surface area contributed by atoms with Gasteiger partial charge in [0, 0.05) is 62.9 Å². The van der Waals surface area contributed by atoms with Crippen molar-refractivity contribution in [2.45, 2.75) is 19.1 Å². The number of hydrogen-bond donors (Lipinski definition) is 3. The van der Waals surface area contributed by atoms with Gasteiger partial charge in [-0.3, -0.25) is 24.2 Å². The number of amides is 3. The zero-order chi connectivity index (χ0) is 30.4. The lowest BCUT2D eigenvalue weighted by atomic mass is 10.1. The molecule has 2 saturated heterocycles. The average Bonchev–Trinajstić information content (AvgIpc) is 2.93. The Balaban J connectivity index is 1.37. The third-order valence-corrected chi connectivity index (χ3v) is 7.24. The molecule has 0 spiro atoms. The molecule has 9 nitrogen and oxygen atoms in total. The molecule has 0 aromatic heterocycles. The van der Waals surface area contributed by atoms with Crippen LogP contribution in [0.25, 0.3) is 0 Å². The van der Waals surface area contributed by atoms with Crippen molar-refractivity contribution in [3.05, 3.63) is 58.1 Å². The zero-order valence-corrected chi connectivity index (χ0v) is 23.3. The Labute approximate surface area is 243 Å². The van der Waals surface area contributed by atoms with Gasteiger partial charge in [-0.1, -0.05) is 17.7 Å². The highest BCUT2D eigenvalue weighted by Gasteiger charge is 2.29. The normalized spacial score (nSPS) is 16.7. The van der Waals surface area contributed by atoms with E-state index in [1.54, 1.807) is 15.9 Å². The molecule has 15 heteroatoms. The summed E-state index contributed by atoms with van der Waals surface area (Å²) < 4.78 is 67.5. The number of rotatable bonds is 9. The summed E-state index contributed by atoms with van der Waals surface area (Å²) in [6.07, 6.45) is -5.15. The molecule has 0 radical (unpaired) electrons. The van der Waals surface area contributed by atoms with Gasteiger partial charge in [-0.05, 0) is 24.3 Å². The van der Waals surface area contributed by atoms with E-state index in [1.165, 1.54) is 18.2 Å². The quantitative estimate of drug-likeness (QED) is 0.375. The molecule has 2 aromatic carbocycles. The van der Waals surface area contributed by atoms with Crippen molar-refractivity contribution < 1.29 is 36.3 Å². The van der Waals surface area contributed by atoms with Gasteiger partial charge in [0.05, 0.1) is 36.4 Å². The second-order valence-corrected chi connectivity index (χ2v) is 10.5. The predicted octanol–water partition coefficient (Wildman–Crippen LogP) is 2.99. The Kier molecular flexibility index (Phi) is 10.2. The highest BCUT2D eigenvalue weighted by atomic mass is 35.5. The van der Waals surface area contributed by atoms with Crippen molar-refractivity contribution in [1.82, 2.24) is 20.4 Å². The van der Waals surface area contributed by atoms with E-state index < -0.39 is 41.6 Å². The minimum atomic E-state index is -4.24. The predicted molar refractivity (Wildman–Crippen MR) is 146 cm³/mol. The Morgan fingerprint density at radius 3 is 2.40 bits per heavy atom. The minimum Gasteiger partial charge on any atom is -0.367 e. The molecule has 0 atom stereocenters. The highest BCUT2D eigenvalue weighted by Crippen LogP contribution is 2.31. The fourth-order valence-electron chi connectivity index (χ4n) is 4.74. The summed E-state index contributed by atoms with van der Waals surface area (Å²) in [5.41, 5.74) is 0.0533. The van der Waals surface area contributed by atoms with E-state index in [-0.39, 0.29) is 43.3 Å². The molecule has 2 aliphatic rings. The summed E-state index contributed by atoms with van der Waals surface area (Å²) in [7, 11) is 0. The van der Waals surface area contributed by atoms with Gasteiger partial charge in [0.15, 0.2) is 11.6 Å². The fraction of sp³-hybridized carbons (Fsp3) is 0.444. The summed E-state index contributed by atoms with van der Waals surface area (Å²) in [5, 5.41) is 8.06. The number of hydrogen-bond acceptors (Lipinski definition) is 6. The van der Waals surface area contributed by atoms with E-state index in [1.807, 2.05) is 4.90 Å². The molecule has 228 valence electrons. The van der Waals surface area contributed by atoms with Crippen LogP contribution in [-0.4, -0.2) is 92.6 Å². The Hall–Kier alpha value is -3.49. The van der Waals surface area contributed by atoms with Crippen LogP contribution in [0, 0.1) is 11.6 Å². The van der Waals surface area contributed by atoms with Gasteiger partial charge < -0.3 is 20.9 Å². The van der Waals surface area contributed by atoms with Crippen molar-refractivity contribution in [2.24, 2.45) is 0 Å². The number of carbonyl (C=O) groups is 3. The molecule has 0 unspecified atom stereocenters. The van der Waals surface area contributed by atoms with Crippen LogP contribution < -0.4 is 20.9 Å². The third-order valence-electron chi connectivity index (χ3n) is 7.00. The average molecular weight is 617 g/mol. The van der Waals surface area contributed by atoms with E-state index in [0.29, 0.717) is 50.0 Å². The number of benzene rings is 2. The number of nitrogens with one attached hydrogen (secondary N) is 3. The summed E-state index contributed by atoms with van der Waals surface area (Å²) >= 11 is 6.16. The molecule has 0 bridgehead atoms. The van der Waals surface area contributed by atoms with Crippen LogP contribution in [0.3, 0.4) is 0 Å². The smallest absolute Gasteiger partial charge is 0.367 e. The second-order valence-electron chi connectivity index (χ2n) is 10.0.